The summed E-state index contributed by atoms with van der Waals surface area (Å²) in [5.74, 6) is 0.456. The summed E-state index contributed by atoms with van der Waals surface area (Å²) in [7, 11) is 0. The average Bonchev–Trinajstić information content (AvgIpc) is 2.90. The Kier molecular flexibility index (Phi) is 3.44. The van der Waals surface area contributed by atoms with Crippen LogP contribution in [0.25, 0.3) is 11.4 Å². The fourth-order valence-electron chi connectivity index (χ4n) is 1.40. The summed E-state index contributed by atoms with van der Waals surface area (Å²) >= 11 is 0. The molecule has 0 aliphatic heterocycles. The molecule has 1 aromatic carbocycles. The first-order valence-electron chi connectivity index (χ1n) is 5.43. The zero-order valence-corrected chi connectivity index (χ0v) is 9.47. The highest BCUT2D eigenvalue weighted by Gasteiger charge is 2.06. The molecule has 1 amide bonds. The lowest BCUT2D eigenvalue weighted by molar-refractivity contribution is 0.0953. The molecule has 1 heterocycles. The third-order valence-corrected chi connectivity index (χ3v) is 2.29. The van der Waals surface area contributed by atoms with Gasteiger partial charge in [0.1, 0.15) is 0 Å². The number of benzene rings is 1. The number of carbonyl (C=O) groups is 1. The van der Waals surface area contributed by atoms with Crippen molar-refractivity contribution in [2.45, 2.75) is 13.3 Å². The van der Waals surface area contributed by atoms with Gasteiger partial charge < -0.3 is 5.32 Å². The number of nitrogens with one attached hydrogen (secondary N) is 2. The molecule has 0 atom stereocenters. The van der Waals surface area contributed by atoms with Crippen LogP contribution in [0.2, 0.25) is 0 Å². The SMILES string of the molecule is CCCNC(=O)c1ccc(-c2nn[nH]n2)cc1. The van der Waals surface area contributed by atoms with Crippen molar-refractivity contribution in [1.29, 1.82) is 0 Å². The van der Waals surface area contributed by atoms with Gasteiger partial charge in [-0.05, 0) is 23.8 Å². The number of aromatic nitrogens is 4. The first-order chi connectivity index (χ1) is 8.31. The maximum Gasteiger partial charge on any atom is 0.251 e. The minimum absolute atomic E-state index is 0.0634. The van der Waals surface area contributed by atoms with E-state index in [4.69, 9.17) is 0 Å². The third kappa shape index (κ3) is 2.66. The molecule has 0 bridgehead atoms. The average molecular weight is 231 g/mol. The summed E-state index contributed by atoms with van der Waals surface area (Å²) in [5, 5.41) is 16.4. The third-order valence-electron chi connectivity index (χ3n) is 2.29. The lowest BCUT2D eigenvalue weighted by Gasteiger charge is -2.03. The monoisotopic (exact) mass is 231 g/mol. The predicted octanol–water partition coefficient (Wildman–Crippen LogP) is 1.01. The quantitative estimate of drug-likeness (QED) is 0.822. The minimum Gasteiger partial charge on any atom is -0.352 e. The van der Waals surface area contributed by atoms with Gasteiger partial charge in [-0.3, -0.25) is 4.79 Å². The van der Waals surface area contributed by atoms with Crippen LogP contribution in [-0.4, -0.2) is 33.1 Å². The van der Waals surface area contributed by atoms with Crippen LogP contribution in [0.5, 0.6) is 0 Å². The number of carbonyl (C=O) groups excluding carboxylic acids is 1. The normalized spacial score (nSPS) is 10.2. The lowest BCUT2D eigenvalue weighted by atomic mass is 10.1. The van der Waals surface area contributed by atoms with Gasteiger partial charge in [-0.1, -0.05) is 19.1 Å². The Morgan fingerprint density at radius 3 is 2.71 bits per heavy atom. The van der Waals surface area contributed by atoms with Gasteiger partial charge in [-0.25, -0.2) is 0 Å². The van der Waals surface area contributed by atoms with E-state index >= 15 is 0 Å². The summed E-state index contributed by atoms with van der Waals surface area (Å²) in [6.07, 6.45) is 0.923. The number of aromatic amines is 1. The molecule has 0 radical (unpaired) electrons. The summed E-state index contributed by atoms with van der Waals surface area (Å²) in [6, 6.07) is 7.09. The molecule has 2 aromatic rings. The molecular weight excluding hydrogens is 218 g/mol. The maximum absolute atomic E-state index is 11.6. The van der Waals surface area contributed by atoms with Crippen LogP contribution in [0.15, 0.2) is 24.3 Å². The molecule has 88 valence electrons. The molecule has 6 heteroatoms. The summed E-state index contributed by atoms with van der Waals surface area (Å²) < 4.78 is 0. The highest BCUT2D eigenvalue weighted by atomic mass is 16.1. The maximum atomic E-state index is 11.6. The zero-order valence-electron chi connectivity index (χ0n) is 9.47. The standard InChI is InChI=1S/C11H13N5O/c1-2-7-12-11(17)9-5-3-8(4-6-9)10-13-15-16-14-10/h3-6H,2,7H2,1H3,(H,12,17)(H,13,14,15,16). The van der Waals surface area contributed by atoms with Crippen molar-refractivity contribution >= 4 is 5.91 Å². The van der Waals surface area contributed by atoms with Crippen molar-refractivity contribution < 1.29 is 4.79 Å². The van der Waals surface area contributed by atoms with Crippen LogP contribution < -0.4 is 5.32 Å². The van der Waals surface area contributed by atoms with Gasteiger partial charge in [-0.2, -0.15) is 5.21 Å². The molecule has 2 rings (SSSR count). The Morgan fingerprint density at radius 1 is 1.35 bits per heavy atom. The predicted molar refractivity (Wildman–Crippen MR) is 62.2 cm³/mol. The van der Waals surface area contributed by atoms with Crippen molar-refractivity contribution in [3.63, 3.8) is 0 Å². The van der Waals surface area contributed by atoms with Gasteiger partial charge >= 0.3 is 0 Å². The van der Waals surface area contributed by atoms with Gasteiger partial charge in [0.15, 0.2) is 0 Å². The molecule has 0 saturated carbocycles. The van der Waals surface area contributed by atoms with E-state index in [0.29, 0.717) is 17.9 Å². The Labute approximate surface area is 98.4 Å². The molecular formula is C11H13N5O. The van der Waals surface area contributed by atoms with E-state index < -0.39 is 0 Å². The first-order valence-corrected chi connectivity index (χ1v) is 5.43. The molecule has 0 aliphatic rings. The van der Waals surface area contributed by atoms with E-state index in [1.807, 2.05) is 6.92 Å². The molecule has 6 nitrogen and oxygen atoms in total. The van der Waals surface area contributed by atoms with Gasteiger partial charge in [0.05, 0.1) is 0 Å². The van der Waals surface area contributed by atoms with E-state index in [9.17, 15) is 4.79 Å². The number of hydrogen-bond acceptors (Lipinski definition) is 4. The Morgan fingerprint density at radius 2 is 2.12 bits per heavy atom. The Hall–Kier alpha value is -2.24. The van der Waals surface area contributed by atoms with E-state index in [1.54, 1.807) is 24.3 Å². The number of amides is 1. The molecule has 1 aromatic heterocycles. The minimum atomic E-state index is -0.0634. The Bertz CT molecular complexity index is 477. The van der Waals surface area contributed by atoms with Crippen LogP contribution in [0.4, 0.5) is 0 Å². The zero-order chi connectivity index (χ0) is 12.1. The Balaban J connectivity index is 2.10. The molecule has 0 saturated heterocycles. The van der Waals surface area contributed by atoms with Crippen LogP contribution in [0.3, 0.4) is 0 Å². The van der Waals surface area contributed by atoms with E-state index in [2.05, 4.69) is 25.9 Å². The van der Waals surface area contributed by atoms with Crippen LogP contribution in [0.1, 0.15) is 23.7 Å². The molecule has 0 fully saturated rings. The summed E-state index contributed by atoms with van der Waals surface area (Å²) in [6.45, 7) is 2.70. The van der Waals surface area contributed by atoms with E-state index in [0.717, 1.165) is 12.0 Å². The second kappa shape index (κ2) is 5.20. The number of hydrogen-bond donors (Lipinski definition) is 2. The number of H-pyrrole nitrogens is 1. The second-order valence-corrected chi connectivity index (χ2v) is 3.57. The number of tetrazole rings is 1. The topological polar surface area (TPSA) is 83.6 Å². The first kappa shape index (κ1) is 11.3. The van der Waals surface area contributed by atoms with Crippen molar-refractivity contribution in [3.05, 3.63) is 29.8 Å². The van der Waals surface area contributed by atoms with Crippen LogP contribution >= 0.6 is 0 Å². The molecule has 2 N–H and O–H groups in total. The second-order valence-electron chi connectivity index (χ2n) is 3.57. The summed E-state index contributed by atoms with van der Waals surface area (Å²) in [4.78, 5) is 11.6. The number of rotatable bonds is 4. The largest absolute Gasteiger partial charge is 0.352 e. The van der Waals surface area contributed by atoms with Gasteiger partial charge in [0, 0.05) is 17.7 Å². The van der Waals surface area contributed by atoms with Crippen molar-refractivity contribution in [2.24, 2.45) is 0 Å². The molecule has 0 spiro atoms. The van der Waals surface area contributed by atoms with Gasteiger partial charge in [0.25, 0.3) is 5.91 Å². The summed E-state index contributed by atoms with van der Waals surface area (Å²) in [5.41, 5.74) is 1.46. The number of nitrogens with zero attached hydrogens (tertiary/aromatic N) is 3. The van der Waals surface area contributed by atoms with E-state index in [-0.39, 0.29) is 5.91 Å². The van der Waals surface area contributed by atoms with Crippen molar-refractivity contribution in [2.75, 3.05) is 6.54 Å². The molecule has 17 heavy (non-hydrogen) atoms. The highest BCUT2D eigenvalue weighted by molar-refractivity contribution is 5.94. The lowest BCUT2D eigenvalue weighted by Crippen LogP contribution is -2.23. The smallest absolute Gasteiger partial charge is 0.251 e. The van der Waals surface area contributed by atoms with E-state index in [1.165, 1.54) is 0 Å². The highest BCUT2D eigenvalue weighted by Crippen LogP contribution is 2.13. The fourth-order valence-corrected chi connectivity index (χ4v) is 1.40. The van der Waals surface area contributed by atoms with Crippen molar-refractivity contribution in [1.82, 2.24) is 25.9 Å². The van der Waals surface area contributed by atoms with Gasteiger partial charge in [0.2, 0.25) is 5.82 Å². The van der Waals surface area contributed by atoms with Crippen LogP contribution in [-0.2, 0) is 0 Å². The van der Waals surface area contributed by atoms with Crippen molar-refractivity contribution in [3.8, 4) is 11.4 Å². The molecule has 0 aliphatic carbocycles. The molecule has 0 unspecified atom stereocenters. The van der Waals surface area contributed by atoms with Gasteiger partial charge in [-0.15, -0.1) is 10.2 Å². The fraction of sp³-hybridized carbons (Fsp3) is 0.273. The van der Waals surface area contributed by atoms with Crippen LogP contribution in [0, 0.1) is 0 Å².